The summed E-state index contributed by atoms with van der Waals surface area (Å²) in [6.07, 6.45) is 2.03. The summed E-state index contributed by atoms with van der Waals surface area (Å²) in [7, 11) is 0. The monoisotopic (exact) mass is 273 g/mol. The highest BCUT2D eigenvalue weighted by molar-refractivity contribution is 7.98. The molecule has 2 N–H and O–H groups in total. The van der Waals surface area contributed by atoms with E-state index in [2.05, 4.69) is 10.3 Å². The van der Waals surface area contributed by atoms with E-state index in [1.807, 2.05) is 30.5 Å². The number of rotatable bonds is 3. The molecule has 0 radical (unpaired) electrons. The standard InChI is InChI=1S/C13H11N3O2S/c1-19-9-4-2-8(3-5-9)17-11-7-6-10(14)12-13(11)16-18-15-12/h2-7H,14H2,1H3. The lowest BCUT2D eigenvalue weighted by molar-refractivity contribution is 0.314. The number of nitrogen functional groups attached to an aromatic ring is 1. The molecule has 6 heteroatoms. The lowest BCUT2D eigenvalue weighted by Crippen LogP contribution is -1.90. The molecule has 0 saturated heterocycles. The fraction of sp³-hybridized carbons (Fsp3) is 0.0769. The number of anilines is 1. The molecule has 5 nitrogen and oxygen atoms in total. The second-order valence-electron chi connectivity index (χ2n) is 3.89. The smallest absolute Gasteiger partial charge is 0.179 e. The van der Waals surface area contributed by atoms with Crippen molar-refractivity contribution in [1.82, 2.24) is 10.3 Å². The van der Waals surface area contributed by atoms with Gasteiger partial charge in [0.15, 0.2) is 16.8 Å². The normalized spacial score (nSPS) is 10.8. The van der Waals surface area contributed by atoms with Crippen molar-refractivity contribution < 1.29 is 9.37 Å². The van der Waals surface area contributed by atoms with Crippen LogP contribution in [-0.2, 0) is 0 Å². The van der Waals surface area contributed by atoms with Crippen LogP contribution in [0.15, 0.2) is 45.9 Å². The van der Waals surface area contributed by atoms with Gasteiger partial charge in [-0.15, -0.1) is 11.8 Å². The Morgan fingerprint density at radius 3 is 2.53 bits per heavy atom. The largest absolute Gasteiger partial charge is 0.455 e. The lowest BCUT2D eigenvalue weighted by atomic mass is 10.2. The minimum absolute atomic E-state index is 0.512. The molecule has 0 bridgehead atoms. The Balaban J connectivity index is 1.96. The van der Waals surface area contributed by atoms with Gasteiger partial charge in [0.2, 0.25) is 0 Å². The highest BCUT2D eigenvalue weighted by atomic mass is 32.2. The van der Waals surface area contributed by atoms with E-state index in [9.17, 15) is 0 Å². The van der Waals surface area contributed by atoms with Crippen LogP contribution in [0.2, 0.25) is 0 Å². The number of ether oxygens (including phenoxy) is 1. The van der Waals surface area contributed by atoms with Crippen LogP contribution in [0.3, 0.4) is 0 Å². The van der Waals surface area contributed by atoms with Crippen molar-refractivity contribution in [3.05, 3.63) is 36.4 Å². The molecule has 0 amide bonds. The van der Waals surface area contributed by atoms with Crippen molar-refractivity contribution in [1.29, 1.82) is 0 Å². The quantitative estimate of drug-likeness (QED) is 0.583. The molecule has 3 aromatic rings. The van der Waals surface area contributed by atoms with Gasteiger partial charge in [0.25, 0.3) is 0 Å². The summed E-state index contributed by atoms with van der Waals surface area (Å²) >= 11 is 1.68. The Hall–Kier alpha value is -2.21. The molecule has 19 heavy (non-hydrogen) atoms. The zero-order valence-corrected chi connectivity index (χ0v) is 11.0. The van der Waals surface area contributed by atoms with Gasteiger partial charge >= 0.3 is 0 Å². The molecule has 0 spiro atoms. The summed E-state index contributed by atoms with van der Waals surface area (Å²) in [5.41, 5.74) is 7.33. The maximum Gasteiger partial charge on any atom is 0.179 e. The number of hydrogen-bond donors (Lipinski definition) is 1. The molecule has 3 rings (SSSR count). The van der Waals surface area contributed by atoms with Gasteiger partial charge in [0.1, 0.15) is 5.75 Å². The molecule has 0 aliphatic rings. The van der Waals surface area contributed by atoms with Gasteiger partial charge in [-0.2, -0.15) is 0 Å². The number of benzene rings is 2. The Morgan fingerprint density at radius 1 is 1.05 bits per heavy atom. The topological polar surface area (TPSA) is 74.2 Å². The number of nitrogens with zero attached hydrogens (tertiary/aromatic N) is 2. The van der Waals surface area contributed by atoms with Gasteiger partial charge in [-0.05, 0) is 53.0 Å². The number of hydrogen-bond acceptors (Lipinski definition) is 6. The van der Waals surface area contributed by atoms with Crippen LogP contribution in [0.25, 0.3) is 11.0 Å². The second-order valence-corrected chi connectivity index (χ2v) is 4.77. The average Bonchev–Trinajstić information content (AvgIpc) is 2.93. The maximum absolute atomic E-state index is 5.78. The van der Waals surface area contributed by atoms with E-state index in [0.29, 0.717) is 22.5 Å². The minimum atomic E-state index is 0.512. The van der Waals surface area contributed by atoms with E-state index in [-0.39, 0.29) is 0 Å². The molecular formula is C13H11N3O2S. The first-order chi connectivity index (χ1) is 9.28. The van der Waals surface area contributed by atoms with Gasteiger partial charge in [-0.25, -0.2) is 4.63 Å². The molecule has 0 fully saturated rings. The summed E-state index contributed by atoms with van der Waals surface area (Å²) in [6, 6.07) is 11.3. The zero-order chi connectivity index (χ0) is 13.2. The molecule has 2 aromatic carbocycles. The highest BCUT2D eigenvalue weighted by Crippen LogP contribution is 2.31. The third kappa shape index (κ3) is 2.22. The Morgan fingerprint density at radius 2 is 1.79 bits per heavy atom. The van der Waals surface area contributed by atoms with E-state index < -0.39 is 0 Å². The molecule has 0 aliphatic carbocycles. The van der Waals surface area contributed by atoms with Crippen LogP contribution < -0.4 is 10.5 Å². The summed E-state index contributed by atoms with van der Waals surface area (Å²) < 4.78 is 10.5. The van der Waals surface area contributed by atoms with Gasteiger partial charge in [0, 0.05) is 4.90 Å². The summed E-state index contributed by atoms with van der Waals surface area (Å²) in [5.74, 6) is 1.30. The van der Waals surface area contributed by atoms with Gasteiger partial charge in [0.05, 0.1) is 5.69 Å². The fourth-order valence-corrected chi connectivity index (χ4v) is 2.12. The number of nitrogens with two attached hydrogens (primary N) is 1. The number of thioether (sulfide) groups is 1. The van der Waals surface area contributed by atoms with Gasteiger partial charge < -0.3 is 10.5 Å². The summed E-state index contributed by atoms with van der Waals surface area (Å²) in [4.78, 5) is 1.18. The highest BCUT2D eigenvalue weighted by Gasteiger charge is 2.11. The molecule has 1 aromatic heterocycles. The van der Waals surface area contributed by atoms with Crippen molar-refractivity contribution in [2.75, 3.05) is 12.0 Å². The third-order valence-corrected chi connectivity index (χ3v) is 3.44. The van der Waals surface area contributed by atoms with Crippen molar-refractivity contribution in [3.8, 4) is 11.5 Å². The number of fused-ring (bicyclic) bond motifs is 1. The minimum Gasteiger partial charge on any atom is -0.455 e. The van der Waals surface area contributed by atoms with Crippen LogP contribution >= 0.6 is 11.8 Å². The van der Waals surface area contributed by atoms with E-state index in [0.717, 1.165) is 5.75 Å². The Kier molecular flexibility index (Phi) is 3.00. The van der Waals surface area contributed by atoms with Crippen LogP contribution in [0.4, 0.5) is 5.69 Å². The molecule has 0 saturated carbocycles. The first-order valence-electron chi connectivity index (χ1n) is 5.60. The predicted molar refractivity (Wildman–Crippen MR) is 74.5 cm³/mol. The first kappa shape index (κ1) is 11.9. The first-order valence-corrected chi connectivity index (χ1v) is 6.83. The Bertz CT molecular complexity index is 709. The summed E-state index contributed by atoms with van der Waals surface area (Å²) in [6.45, 7) is 0. The van der Waals surface area contributed by atoms with Crippen molar-refractivity contribution in [3.63, 3.8) is 0 Å². The van der Waals surface area contributed by atoms with E-state index in [1.54, 1.807) is 23.9 Å². The van der Waals surface area contributed by atoms with Crippen LogP contribution in [0, 0.1) is 0 Å². The molecule has 0 atom stereocenters. The molecule has 0 aliphatic heterocycles. The molecule has 0 unspecified atom stereocenters. The summed E-state index contributed by atoms with van der Waals surface area (Å²) in [5, 5.41) is 7.57. The van der Waals surface area contributed by atoms with Gasteiger partial charge in [-0.1, -0.05) is 0 Å². The van der Waals surface area contributed by atoms with E-state index in [4.69, 9.17) is 15.1 Å². The molecule has 1 heterocycles. The van der Waals surface area contributed by atoms with Crippen molar-refractivity contribution in [2.45, 2.75) is 4.90 Å². The molecule has 96 valence electrons. The maximum atomic E-state index is 5.78. The van der Waals surface area contributed by atoms with Crippen molar-refractivity contribution in [2.24, 2.45) is 0 Å². The SMILES string of the molecule is CSc1ccc(Oc2ccc(N)c3nonc23)cc1. The molecular weight excluding hydrogens is 262 g/mol. The van der Waals surface area contributed by atoms with Crippen molar-refractivity contribution >= 4 is 28.5 Å². The third-order valence-electron chi connectivity index (χ3n) is 2.70. The zero-order valence-electron chi connectivity index (χ0n) is 10.2. The lowest BCUT2D eigenvalue weighted by Gasteiger charge is -2.06. The van der Waals surface area contributed by atoms with Crippen LogP contribution in [-0.4, -0.2) is 16.6 Å². The van der Waals surface area contributed by atoms with Crippen LogP contribution in [0.1, 0.15) is 0 Å². The van der Waals surface area contributed by atoms with Crippen LogP contribution in [0.5, 0.6) is 11.5 Å². The average molecular weight is 273 g/mol. The van der Waals surface area contributed by atoms with E-state index in [1.165, 1.54) is 4.90 Å². The Labute approximate surface area is 113 Å². The number of aromatic nitrogens is 2. The predicted octanol–water partition coefficient (Wildman–Crippen LogP) is 3.32. The second kappa shape index (κ2) is 4.81. The fourth-order valence-electron chi connectivity index (χ4n) is 1.72. The van der Waals surface area contributed by atoms with E-state index >= 15 is 0 Å². The van der Waals surface area contributed by atoms with Gasteiger partial charge in [-0.3, -0.25) is 0 Å².